The minimum Gasteiger partial charge on any atom is -0.363 e. The number of nitriles is 2. The number of hydrogen-bond acceptors (Lipinski definition) is 10. The van der Waals surface area contributed by atoms with E-state index in [1.165, 1.54) is 0 Å². The monoisotopic (exact) mass is 884 g/mol. The first-order valence-corrected chi connectivity index (χ1v) is 19.1. The van der Waals surface area contributed by atoms with Crippen molar-refractivity contribution in [2.24, 2.45) is 0 Å². The molecule has 22 heteroatoms. The second-order valence-electron chi connectivity index (χ2n) is 11.2. The first-order valence-electron chi connectivity index (χ1n) is 15.4. The van der Waals surface area contributed by atoms with E-state index in [2.05, 4.69) is 30.8 Å². The third kappa shape index (κ3) is 8.76. The summed E-state index contributed by atoms with van der Waals surface area (Å²) in [6.07, 6.45) is -6.46. The van der Waals surface area contributed by atoms with Crippen LogP contribution in [-0.4, -0.2) is 29.5 Å². The molecule has 0 saturated carbocycles. The second-order valence-corrected chi connectivity index (χ2v) is 15.0. The molecule has 0 fully saturated rings. The molecule has 2 N–H and O–H groups in total. The van der Waals surface area contributed by atoms with Gasteiger partial charge in [0.1, 0.15) is 35.1 Å². The van der Waals surface area contributed by atoms with Crippen molar-refractivity contribution in [2.45, 2.75) is 35.2 Å². The van der Waals surface area contributed by atoms with Crippen LogP contribution >= 0.6 is 68.0 Å². The molecule has 0 spiro atoms. The van der Waals surface area contributed by atoms with Crippen molar-refractivity contribution >= 4 is 79.6 Å². The molecule has 0 radical (unpaired) electrons. The predicted octanol–water partition coefficient (Wildman–Crippen LogP) is 11.3. The van der Waals surface area contributed by atoms with Crippen LogP contribution < -0.4 is 10.6 Å². The number of nitrogens with zero attached hydrogens (tertiary/aromatic N) is 8. The molecule has 0 aliphatic rings. The molecule has 286 valence electrons. The van der Waals surface area contributed by atoms with E-state index in [0.717, 1.165) is 31.0 Å². The summed E-state index contributed by atoms with van der Waals surface area (Å²) in [5.74, 6) is 0.131. The number of alkyl halides is 6. The fourth-order valence-electron chi connectivity index (χ4n) is 5.05. The summed E-state index contributed by atoms with van der Waals surface area (Å²) < 4.78 is 83.9. The molecule has 0 aliphatic carbocycles. The largest absolute Gasteiger partial charge is 0.416 e. The van der Waals surface area contributed by atoms with Crippen LogP contribution in [0, 0.1) is 22.7 Å². The topological polar surface area (TPSA) is 133 Å². The van der Waals surface area contributed by atoms with Gasteiger partial charge in [0.05, 0.1) is 65.5 Å². The van der Waals surface area contributed by atoms with Gasteiger partial charge in [0, 0.05) is 12.4 Å². The van der Waals surface area contributed by atoms with Crippen LogP contribution in [0.5, 0.6) is 0 Å². The van der Waals surface area contributed by atoms with E-state index in [-0.39, 0.29) is 57.3 Å². The lowest BCUT2D eigenvalue weighted by Crippen LogP contribution is -2.11. The number of pyridine rings is 2. The number of nitrogens with one attached hydrogen (secondary N) is 2. The van der Waals surface area contributed by atoms with Crippen molar-refractivity contribution in [1.82, 2.24) is 29.5 Å². The highest BCUT2D eigenvalue weighted by Crippen LogP contribution is 2.49. The summed E-state index contributed by atoms with van der Waals surface area (Å²) in [5, 5.41) is 33.7. The molecular formula is C34H18Cl4F6N10S2. The van der Waals surface area contributed by atoms with E-state index >= 15 is 0 Å². The highest BCUT2D eigenvalue weighted by atomic mass is 35.5. The van der Waals surface area contributed by atoms with E-state index in [0.29, 0.717) is 35.7 Å². The van der Waals surface area contributed by atoms with Crippen LogP contribution in [0.1, 0.15) is 33.9 Å². The zero-order valence-corrected chi connectivity index (χ0v) is 32.2. The maximum Gasteiger partial charge on any atom is 0.416 e. The fraction of sp³-hybridized carbons (Fsp3) is 0.118. The minimum absolute atomic E-state index is 0.0364. The Bertz CT molecular complexity index is 2280. The first kappa shape index (κ1) is 40.8. The van der Waals surface area contributed by atoms with Gasteiger partial charge in [0.15, 0.2) is 11.4 Å². The normalized spacial score (nSPS) is 11.6. The van der Waals surface area contributed by atoms with Gasteiger partial charge in [-0.3, -0.25) is 9.97 Å². The molecule has 56 heavy (non-hydrogen) atoms. The zero-order valence-electron chi connectivity index (χ0n) is 27.5. The van der Waals surface area contributed by atoms with Crippen molar-refractivity contribution in [3.05, 3.63) is 127 Å². The SMILES string of the molecule is N#Cc1nn(-c2c(Cl)cc(C(F)(F)F)cc2Cl)c(NCc2ccccn2)c1SSc1c(C#N)nn(-c2c(Cl)cc(C(F)(F)F)cc2Cl)c1NCc1ccccn1. The zero-order chi connectivity index (χ0) is 40.4. The quantitative estimate of drug-likeness (QED) is 0.0957. The predicted molar refractivity (Wildman–Crippen MR) is 201 cm³/mol. The van der Waals surface area contributed by atoms with Gasteiger partial charge in [0.2, 0.25) is 0 Å². The Hall–Kier alpha value is -4.82. The van der Waals surface area contributed by atoms with Crippen LogP contribution in [-0.2, 0) is 25.4 Å². The lowest BCUT2D eigenvalue weighted by Gasteiger charge is -2.16. The minimum atomic E-state index is -4.77. The van der Waals surface area contributed by atoms with E-state index in [9.17, 15) is 36.9 Å². The highest BCUT2D eigenvalue weighted by molar-refractivity contribution is 8.76. The summed E-state index contributed by atoms with van der Waals surface area (Å²) >= 11 is 25.5. The lowest BCUT2D eigenvalue weighted by atomic mass is 10.2. The molecule has 0 amide bonds. The average molecular weight is 887 g/mol. The summed E-state index contributed by atoms with van der Waals surface area (Å²) in [6.45, 7) is 0.0728. The van der Waals surface area contributed by atoms with Gasteiger partial charge < -0.3 is 10.6 Å². The van der Waals surface area contributed by atoms with Gasteiger partial charge >= 0.3 is 12.4 Å². The van der Waals surface area contributed by atoms with Gasteiger partial charge in [0.25, 0.3) is 0 Å². The van der Waals surface area contributed by atoms with E-state index < -0.39 is 43.6 Å². The van der Waals surface area contributed by atoms with Gasteiger partial charge in [-0.25, -0.2) is 9.36 Å². The third-order valence-electron chi connectivity index (χ3n) is 7.54. The molecule has 6 rings (SSSR count). The van der Waals surface area contributed by atoms with Crippen molar-refractivity contribution < 1.29 is 26.3 Å². The number of benzene rings is 2. The van der Waals surface area contributed by atoms with Gasteiger partial charge in [-0.05, 0) is 70.1 Å². The van der Waals surface area contributed by atoms with Crippen molar-refractivity contribution in [3.63, 3.8) is 0 Å². The maximum absolute atomic E-state index is 13.6. The standard InChI is InChI=1S/C34H18Cl4F6N10S2/c35-21-9-17(33(39,40)41)10-22(36)27(21)53-31(49-15-19-5-1-3-7-47-19)29(25(13-45)51-53)55-56-30-26(14-46)52-54(32(30)50-16-20-6-2-4-8-48-20)28-23(37)11-18(12-24(28)38)34(42,43)44/h1-12,49-50H,15-16H2. The van der Waals surface area contributed by atoms with Crippen LogP contribution in [0.2, 0.25) is 20.1 Å². The fourth-order valence-corrected chi connectivity index (χ4v) is 8.76. The van der Waals surface area contributed by atoms with Crippen LogP contribution in [0.4, 0.5) is 38.0 Å². The Labute approximate surface area is 340 Å². The number of rotatable bonds is 11. The van der Waals surface area contributed by atoms with E-state index in [1.54, 1.807) is 48.8 Å². The number of halogens is 10. The van der Waals surface area contributed by atoms with Gasteiger partial charge in [-0.1, -0.05) is 58.5 Å². The van der Waals surface area contributed by atoms with Crippen molar-refractivity contribution in [2.75, 3.05) is 10.6 Å². The van der Waals surface area contributed by atoms with E-state index in [1.807, 2.05) is 12.1 Å². The molecule has 2 aromatic carbocycles. The Morgan fingerprint density at radius 2 is 0.964 bits per heavy atom. The van der Waals surface area contributed by atoms with Crippen LogP contribution in [0.15, 0.2) is 82.8 Å². The number of anilines is 2. The van der Waals surface area contributed by atoms with Crippen molar-refractivity contribution in [1.29, 1.82) is 10.5 Å². The third-order valence-corrected chi connectivity index (χ3v) is 11.1. The molecule has 0 bridgehead atoms. The molecule has 4 heterocycles. The first-order chi connectivity index (χ1) is 26.6. The van der Waals surface area contributed by atoms with Crippen LogP contribution in [0.25, 0.3) is 11.4 Å². The Morgan fingerprint density at radius 1 is 0.607 bits per heavy atom. The lowest BCUT2D eigenvalue weighted by molar-refractivity contribution is -0.138. The van der Waals surface area contributed by atoms with Crippen LogP contribution in [0.3, 0.4) is 0 Å². The molecule has 0 aliphatic heterocycles. The molecule has 10 nitrogen and oxygen atoms in total. The Morgan fingerprint density at radius 3 is 1.25 bits per heavy atom. The Kier molecular flexibility index (Phi) is 12.2. The van der Waals surface area contributed by atoms with Gasteiger partial charge in [-0.2, -0.15) is 47.1 Å². The molecule has 6 aromatic rings. The summed E-state index contributed by atoms with van der Waals surface area (Å²) in [5.41, 5.74) is -1.95. The van der Waals surface area contributed by atoms with E-state index in [4.69, 9.17) is 46.4 Å². The maximum atomic E-state index is 13.6. The molecule has 0 saturated heterocycles. The smallest absolute Gasteiger partial charge is 0.363 e. The average Bonchev–Trinajstić information content (AvgIpc) is 3.68. The molecule has 0 atom stereocenters. The Balaban J connectivity index is 1.48. The summed E-state index contributed by atoms with van der Waals surface area (Å²) in [7, 11) is 1.79. The highest BCUT2D eigenvalue weighted by Gasteiger charge is 2.35. The van der Waals surface area contributed by atoms with Gasteiger partial charge in [-0.15, -0.1) is 0 Å². The molecule has 0 unspecified atom stereocenters. The second kappa shape index (κ2) is 16.7. The summed E-state index contributed by atoms with van der Waals surface area (Å²) in [6, 6.07) is 16.9. The number of aromatic nitrogens is 6. The van der Waals surface area contributed by atoms with Crippen molar-refractivity contribution in [3.8, 4) is 23.5 Å². The molecular weight excluding hydrogens is 868 g/mol. The molecule has 4 aromatic heterocycles. The summed E-state index contributed by atoms with van der Waals surface area (Å²) in [4.78, 5) is 8.79. The number of hydrogen-bond donors (Lipinski definition) is 2.